The van der Waals surface area contributed by atoms with Gasteiger partial charge in [0.25, 0.3) is 0 Å². The molecule has 0 amide bonds. The maximum Gasteiger partial charge on any atom is 0.387 e. The van der Waals surface area contributed by atoms with Crippen LogP contribution < -0.4 is 4.74 Å². The van der Waals surface area contributed by atoms with E-state index in [-0.39, 0.29) is 5.75 Å². The molecule has 1 fully saturated rings. The zero-order valence-electron chi connectivity index (χ0n) is 11.2. The lowest BCUT2D eigenvalue weighted by molar-refractivity contribution is -0.0512. The van der Waals surface area contributed by atoms with Gasteiger partial charge >= 0.3 is 6.61 Å². The fourth-order valence-electron chi connectivity index (χ4n) is 2.60. The van der Waals surface area contributed by atoms with E-state index < -0.39 is 18.8 Å². The number of nitrogens with zero attached hydrogens (tertiary/aromatic N) is 1. The van der Waals surface area contributed by atoms with Gasteiger partial charge in [0.05, 0.1) is 12.1 Å². The number of alkyl halides is 2. The molecule has 0 radical (unpaired) electrons. The van der Waals surface area contributed by atoms with Crippen molar-refractivity contribution in [1.29, 1.82) is 0 Å². The molecule has 2 rings (SSSR count). The molecule has 6 heteroatoms. The molecular weight excluding hydrogens is 271 g/mol. The van der Waals surface area contributed by atoms with E-state index in [1.165, 1.54) is 19.1 Å². The molecule has 1 unspecified atom stereocenters. The van der Waals surface area contributed by atoms with Gasteiger partial charge in [0.2, 0.25) is 0 Å². The fraction of sp³-hybridized carbons (Fsp3) is 0.571. The summed E-state index contributed by atoms with van der Waals surface area (Å²) < 4.78 is 42.6. The standard InChI is InChI=1S/C14H18F3NO2/c1-9(19)12-8-10(20-14(15)16)5-6-11(12)13-4-2-3-7-18(13)17/h5-6,8-9,13-14,19H,2-4,7H2,1H3/t9-,13?/m1/s1. The van der Waals surface area contributed by atoms with Gasteiger partial charge in [-0.2, -0.15) is 8.78 Å². The molecule has 1 aliphatic heterocycles. The lowest BCUT2D eigenvalue weighted by Gasteiger charge is -2.30. The molecule has 1 aromatic carbocycles. The maximum atomic E-state index is 13.9. The van der Waals surface area contributed by atoms with Gasteiger partial charge in [0.15, 0.2) is 0 Å². The molecule has 1 aliphatic rings. The van der Waals surface area contributed by atoms with Gasteiger partial charge in [-0.15, -0.1) is 9.60 Å². The van der Waals surface area contributed by atoms with E-state index in [1.54, 1.807) is 6.07 Å². The van der Waals surface area contributed by atoms with Gasteiger partial charge in [0, 0.05) is 6.54 Å². The number of benzene rings is 1. The number of aliphatic hydroxyl groups excluding tert-OH is 1. The zero-order valence-corrected chi connectivity index (χ0v) is 11.2. The van der Waals surface area contributed by atoms with Crippen LogP contribution in [0.5, 0.6) is 5.75 Å². The Morgan fingerprint density at radius 2 is 2.10 bits per heavy atom. The average Bonchev–Trinajstić information content (AvgIpc) is 2.39. The van der Waals surface area contributed by atoms with E-state index in [9.17, 15) is 18.4 Å². The topological polar surface area (TPSA) is 32.7 Å². The van der Waals surface area contributed by atoms with E-state index >= 15 is 0 Å². The molecule has 1 aromatic rings. The summed E-state index contributed by atoms with van der Waals surface area (Å²) in [6, 6.07) is 3.86. The highest BCUT2D eigenvalue weighted by atomic mass is 19.3. The average molecular weight is 289 g/mol. The minimum Gasteiger partial charge on any atom is -0.435 e. The molecule has 1 heterocycles. The molecule has 0 aromatic heterocycles. The van der Waals surface area contributed by atoms with Crippen LogP contribution in [0.3, 0.4) is 0 Å². The van der Waals surface area contributed by atoms with E-state index in [0.29, 0.717) is 24.1 Å². The van der Waals surface area contributed by atoms with Crippen molar-refractivity contribution in [2.75, 3.05) is 6.54 Å². The molecule has 20 heavy (non-hydrogen) atoms. The van der Waals surface area contributed by atoms with Crippen molar-refractivity contribution in [3.8, 4) is 5.75 Å². The van der Waals surface area contributed by atoms with E-state index in [2.05, 4.69) is 4.74 Å². The van der Waals surface area contributed by atoms with Crippen molar-refractivity contribution < 1.29 is 23.1 Å². The van der Waals surface area contributed by atoms with Crippen LogP contribution in [0.15, 0.2) is 18.2 Å². The highest BCUT2D eigenvalue weighted by molar-refractivity contribution is 5.39. The number of rotatable bonds is 4. The van der Waals surface area contributed by atoms with E-state index in [1.807, 2.05) is 0 Å². The number of aliphatic hydroxyl groups is 1. The second kappa shape index (κ2) is 6.45. The third kappa shape index (κ3) is 3.43. The molecule has 2 atom stereocenters. The van der Waals surface area contributed by atoms with Crippen LogP contribution in [0, 0.1) is 0 Å². The summed E-state index contributed by atoms with van der Waals surface area (Å²) in [5, 5.41) is 10.5. The molecule has 0 saturated carbocycles. The first-order chi connectivity index (χ1) is 9.49. The van der Waals surface area contributed by atoms with E-state index in [4.69, 9.17) is 0 Å². The maximum absolute atomic E-state index is 13.9. The Bertz CT molecular complexity index is 454. The first kappa shape index (κ1) is 15.1. The fourth-order valence-corrected chi connectivity index (χ4v) is 2.60. The highest BCUT2D eigenvalue weighted by Gasteiger charge is 2.27. The molecule has 0 spiro atoms. The van der Waals surface area contributed by atoms with Gasteiger partial charge in [-0.3, -0.25) is 0 Å². The molecule has 1 N–H and O–H groups in total. The first-order valence-corrected chi connectivity index (χ1v) is 6.68. The summed E-state index contributed by atoms with van der Waals surface area (Å²) in [6.07, 6.45) is 1.47. The molecule has 0 bridgehead atoms. The zero-order chi connectivity index (χ0) is 14.7. The van der Waals surface area contributed by atoms with Crippen molar-refractivity contribution in [2.45, 2.75) is 44.9 Å². The smallest absolute Gasteiger partial charge is 0.387 e. The molecule has 0 aliphatic carbocycles. The Labute approximate surface area is 115 Å². The van der Waals surface area contributed by atoms with Crippen LogP contribution in [0.4, 0.5) is 13.3 Å². The Morgan fingerprint density at radius 3 is 2.70 bits per heavy atom. The monoisotopic (exact) mass is 289 g/mol. The molecule has 112 valence electrons. The van der Waals surface area contributed by atoms with Crippen LogP contribution in [-0.4, -0.2) is 23.4 Å². The summed E-state index contributed by atoms with van der Waals surface area (Å²) in [5.41, 5.74) is 1.06. The third-order valence-electron chi connectivity index (χ3n) is 3.53. The highest BCUT2D eigenvalue weighted by Crippen LogP contribution is 2.36. The SMILES string of the molecule is C[C@@H](O)c1cc(OC(F)F)ccc1C1CCCCN1F. The van der Waals surface area contributed by atoms with Crippen molar-refractivity contribution in [2.24, 2.45) is 0 Å². The summed E-state index contributed by atoms with van der Waals surface area (Å²) in [6.45, 7) is -1.05. The molecule has 1 saturated heterocycles. The van der Waals surface area contributed by atoms with Crippen LogP contribution in [0.1, 0.15) is 49.5 Å². The van der Waals surface area contributed by atoms with Crippen molar-refractivity contribution in [1.82, 2.24) is 5.12 Å². The van der Waals surface area contributed by atoms with Gasteiger partial charge in [-0.25, -0.2) is 0 Å². The summed E-state index contributed by atoms with van der Waals surface area (Å²) >= 11 is 0. The number of hydrogen-bond acceptors (Lipinski definition) is 3. The Balaban J connectivity index is 2.31. The summed E-state index contributed by atoms with van der Waals surface area (Å²) in [7, 11) is 0. The second-order valence-electron chi connectivity index (χ2n) is 4.98. The number of hydrogen-bond donors (Lipinski definition) is 1. The lowest BCUT2D eigenvalue weighted by atomic mass is 9.91. The molecular formula is C14H18F3NO2. The van der Waals surface area contributed by atoms with Crippen LogP contribution >= 0.6 is 0 Å². The normalized spacial score (nSPS) is 22.0. The van der Waals surface area contributed by atoms with E-state index in [0.717, 1.165) is 18.0 Å². The van der Waals surface area contributed by atoms with Crippen LogP contribution in [0.25, 0.3) is 0 Å². The van der Waals surface area contributed by atoms with Crippen LogP contribution in [-0.2, 0) is 0 Å². The van der Waals surface area contributed by atoms with Gasteiger partial charge in [0.1, 0.15) is 5.75 Å². The predicted molar refractivity (Wildman–Crippen MR) is 68.1 cm³/mol. The minimum atomic E-state index is -2.92. The van der Waals surface area contributed by atoms with Crippen molar-refractivity contribution in [3.05, 3.63) is 29.3 Å². The Hall–Kier alpha value is -1.27. The largest absolute Gasteiger partial charge is 0.435 e. The Morgan fingerprint density at radius 1 is 1.35 bits per heavy atom. The van der Waals surface area contributed by atoms with Gasteiger partial charge in [-0.1, -0.05) is 12.5 Å². The van der Waals surface area contributed by atoms with Crippen molar-refractivity contribution in [3.63, 3.8) is 0 Å². The third-order valence-corrected chi connectivity index (χ3v) is 3.53. The number of halogens is 3. The quantitative estimate of drug-likeness (QED) is 0.857. The van der Waals surface area contributed by atoms with Crippen molar-refractivity contribution >= 4 is 0 Å². The first-order valence-electron chi connectivity index (χ1n) is 6.68. The molecule has 3 nitrogen and oxygen atoms in total. The summed E-state index contributed by atoms with van der Waals surface area (Å²) in [4.78, 5) is 0. The summed E-state index contributed by atoms with van der Waals surface area (Å²) in [5.74, 6) is -0.0270. The lowest BCUT2D eigenvalue weighted by Crippen LogP contribution is -2.27. The van der Waals surface area contributed by atoms with Crippen LogP contribution in [0.2, 0.25) is 0 Å². The van der Waals surface area contributed by atoms with Gasteiger partial charge < -0.3 is 9.84 Å². The Kier molecular flexibility index (Phi) is 4.88. The predicted octanol–water partition coefficient (Wildman–Crippen LogP) is 3.75. The second-order valence-corrected chi connectivity index (χ2v) is 4.98. The number of piperidine rings is 1. The van der Waals surface area contributed by atoms with Gasteiger partial charge in [-0.05, 0) is 43.0 Å². The minimum absolute atomic E-state index is 0.0270. The number of ether oxygens (including phenoxy) is 1.